The van der Waals surface area contributed by atoms with Crippen LogP contribution in [0.4, 0.5) is 4.79 Å². The molecule has 1 aliphatic rings. The first-order valence-electron chi connectivity index (χ1n) is 8.19. The van der Waals surface area contributed by atoms with Crippen LogP contribution in [0, 0.1) is 0 Å². The molecule has 0 spiro atoms. The third-order valence-electron chi connectivity index (χ3n) is 3.73. The van der Waals surface area contributed by atoms with Crippen molar-refractivity contribution in [2.45, 2.75) is 51.2 Å². The van der Waals surface area contributed by atoms with E-state index in [1.807, 2.05) is 45.0 Å². The first-order chi connectivity index (χ1) is 11.3. The molecule has 1 aliphatic carbocycles. The lowest BCUT2D eigenvalue weighted by Crippen LogP contribution is -2.44. The summed E-state index contributed by atoms with van der Waals surface area (Å²) in [5, 5.41) is 2.92. The Balaban J connectivity index is 1.95. The minimum atomic E-state index is -0.509. The van der Waals surface area contributed by atoms with Gasteiger partial charge in [-0.2, -0.15) is 0 Å². The highest BCUT2D eigenvalue weighted by molar-refractivity contribution is 5.69. The molecule has 5 heteroatoms. The van der Waals surface area contributed by atoms with Crippen molar-refractivity contribution in [3.05, 3.63) is 36.4 Å². The van der Waals surface area contributed by atoms with E-state index >= 15 is 0 Å². The summed E-state index contributed by atoms with van der Waals surface area (Å²) in [6.07, 6.45) is 3.98. The monoisotopic (exact) mass is 333 g/mol. The SMILES string of the molecule is C=CCc1ccc(OCC2(NC(=O)OC(C)(C)C)CC2)c(OC)c1. The van der Waals surface area contributed by atoms with Crippen LogP contribution in [0.3, 0.4) is 0 Å². The van der Waals surface area contributed by atoms with Gasteiger partial charge in [-0.25, -0.2) is 4.79 Å². The van der Waals surface area contributed by atoms with Crippen molar-refractivity contribution in [1.29, 1.82) is 0 Å². The van der Waals surface area contributed by atoms with Crippen molar-refractivity contribution in [2.24, 2.45) is 0 Å². The van der Waals surface area contributed by atoms with Crippen LogP contribution in [0.15, 0.2) is 30.9 Å². The zero-order valence-electron chi connectivity index (χ0n) is 15.0. The quantitative estimate of drug-likeness (QED) is 0.770. The summed E-state index contributed by atoms with van der Waals surface area (Å²) in [7, 11) is 1.62. The van der Waals surface area contributed by atoms with Crippen LogP contribution in [0.2, 0.25) is 0 Å². The largest absolute Gasteiger partial charge is 0.493 e. The van der Waals surface area contributed by atoms with E-state index in [0.29, 0.717) is 18.1 Å². The molecule has 132 valence electrons. The molecule has 0 heterocycles. The molecule has 1 saturated carbocycles. The lowest BCUT2D eigenvalue weighted by Gasteiger charge is -2.23. The number of allylic oxidation sites excluding steroid dienone is 1. The van der Waals surface area contributed by atoms with Gasteiger partial charge in [-0.1, -0.05) is 12.1 Å². The number of rotatable bonds is 7. The van der Waals surface area contributed by atoms with Crippen molar-refractivity contribution in [3.8, 4) is 11.5 Å². The predicted molar refractivity (Wildman–Crippen MR) is 93.7 cm³/mol. The standard InChI is InChI=1S/C19H27NO4/c1-6-7-14-8-9-15(16(12-14)22-5)23-13-19(10-11-19)20-17(21)24-18(2,3)4/h6,8-9,12H,1,7,10-11,13H2,2-5H3,(H,20,21). The van der Waals surface area contributed by atoms with E-state index in [-0.39, 0.29) is 5.54 Å². The summed E-state index contributed by atoms with van der Waals surface area (Å²) < 4.78 is 16.6. The molecule has 1 amide bonds. The van der Waals surface area contributed by atoms with Gasteiger partial charge in [0.2, 0.25) is 0 Å². The van der Waals surface area contributed by atoms with E-state index in [1.54, 1.807) is 7.11 Å². The van der Waals surface area contributed by atoms with Gasteiger partial charge in [-0.15, -0.1) is 6.58 Å². The van der Waals surface area contributed by atoms with Crippen molar-refractivity contribution in [2.75, 3.05) is 13.7 Å². The van der Waals surface area contributed by atoms with Crippen molar-refractivity contribution < 1.29 is 19.0 Å². The second-order valence-electron chi connectivity index (χ2n) is 7.17. The average molecular weight is 333 g/mol. The smallest absolute Gasteiger partial charge is 0.408 e. The van der Waals surface area contributed by atoms with Gasteiger partial charge in [-0.05, 0) is 57.7 Å². The Hall–Kier alpha value is -2.17. The summed E-state index contributed by atoms with van der Waals surface area (Å²) in [4.78, 5) is 11.9. The molecule has 0 unspecified atom stereocenters. The Bertz CT molecular complexity index is 600. The molecule has 0 atom stereocenters. The molecule has 2 rings (SSSR count). The van der Waals surface area contributed by atoms with Crippen LogP contribution in [-0.4, -0.2) is 30.9 Å². The highest BCUT2D eigenvalue weighted by Gasteiger charge is 2.46. The summed E-state index contributed by atoms with van der Waals surface area (Å²) in [5.41, 5.74) is 0.264. The molecule has 0 bridgehead atoms. The number of methoxy groups -OCH3 is 1. The van der Waals surface area contributed by atoms with Crippen LogP contribution < -0.4 is 14.8 Å². The van der Waals surface area contributed by atoms with Crippen LogP contribution in [0.1, 0.15) is 39.2 Å². The molecule has 1 N–H and O–H groups in total. The molecule has 1 aromatic carbocycles. The maximum atomic E-state index is 11.9. The molecule has 0 aromatic heterocycles. The Morgan fingerprint density at radius 1 is 1.33 bits per heavy atom. The molecule has 5 nitrogen and oxygen atoms in total. The summed E-state index contributed by atoms with van der Waals surface area (Å²) in [6, 6.07) is 5.82. The Kier molecular flexibility index (Phi) is 5.42. The molecule has 1 fully saturated rings. The maximum absolute atomic E-state index is 11.9. The van der Waals surface area contributed by atoms with E-state index in [1.165, 1.54) is 0 Å². The van der Waals surface area contributed by atoms with E-state index in [9.17, 15) is 4.79 Å². The fourth-order valence-electron chi connectivity index (χ4n) is 2.32. The van der Waals surface area contributed by atoms with Gasteiger partial charge in [0.1, 0.15) is 12.2 Å². The van der Waals surface area contributed by atoms with E-state index in [4.69, 9.17) is 14.2 Å². The van der Waals surface area contributed by atoms with Gasteiger partial charge in [0, 0.05) is 0 Å². The van der Waals surface area contributed by atoms with Gasteiger partial charge in [0.05, 0.1) is 12.6 Å². The summed E-state index contributed by atoms with van der Waals surface area (Å²) >= 11 is 0. The minimum absolute atomic E-state index is 0.340. The fourth-order valence-corrected chi connectivity index (χ4v) is 2.32. The molecule has 1 aromatic rings. The number of carbonyl (C=O) groups excluding carboxylic acids is 1. The number of amides is 1. The van der Waals surface area contributed by atoms with Gasteiger partial charge in [-0.3, -0.25) is 0 Å². The normalized spacial score (nSPS) is 15.3. The summed E-state index contributed by atoms with van der Waals surface area (Å²) in [6.45, 7) is 9.67. The van der Waals surface area contributed by atoms with Gasteiger partial charge >= 0.3 is 6.09 Å². The fraction of sp³-hybridized carbons (Fsp3) is 0.526. The van der Waals surface area contributed by atoms with Crippen molar-refractivity contribution >= 4 is 6.09 Å². The molecular formula is C19H27NO4. The van der Waals surface area contributed by atoms with Crippen LogP contribution in [0.5, 0.6) is 11.5 Å². The Labute approximate surface area is 144 Å². The number of ether oxygens (including phenoxy) is 3. The number of nitrogens with one attached hydrogen (secondary N) is 1. The highest BCUT2D eigenvalue weighted by Crippen LogP contribution is 2.38. The van der Waals surface area contributed by atoms with Crippen molar-refractivity contribution in [3.63, 3.8) is 0 Å². The van der Waals surface area contributed by atoms with E-state index < -0.39 is 11.7 Å². The van der Waals surface area contributed by atoms with Gasteiger partial charge in [0.15, 0.2) is 11.5 Å². The molecule has 24 heavy (non-hydrogen) atoms. The van der Waals surface area contributed by atoms with Crippen LogP contribution >= 0.6 is 0 Å². The number of benzene rings is 1. The average Bonchev–Trinajstić information content (AvgIpc) is 3.23. The first kappa shape index (κ1) is 18.2. The predicted octanol–water partition coefficient (Wildman–Crippen LogP) is 3.86. The maximum Gasteiger partial charge on any atom is 0.408 e. The van der Waals surface area contributed by atoms with Crippen LogP contribution in [-0.2, 0) is 11.2 Å². The molecule has 0 aliphatic heterocycles. The lowest BCUT2D eigenvalue weighted by molar-refractivity contribution is 0.0476. The zero-order valence-corrected chi connectivity index (χ0v) is 15.0. The highest BCUT2D eigenvalue weighted by atomic mass is 16.6. The molecule has 0 saturated heterocycles. The van der Waals surface area contributed by atoms with Gasteiger partial charge in [0.25, 0.3) is 0 Å². The minimum Gasteiger partial charge on any atom is -0.493 e. The van der Waals surface area contributed by atoms with Crippen LogP contribution in [0.25, 0.3) is 0 Å². The first-order valence-corrected chi connectivity index (χ1v) is 8.19. The Morgan fingerprint density at radius 2 is 2.04 bits per heavy atom. The number of alkyl carbamates (subject to hydrolysis) is 1. The number of hydrogen-bond acceptors (Lipinski definition) is 4. The second kappa shape index (κ2) is 7.16. The number of hydrogen-bond donors (Lipinski definition) is 1. The van der Waals surface area contributed by atoms with E-state index in [2.05, 4.69) is 11.9 Å². The van der Waals surface area contributed by atoms with Gasteiger partial charge < -0.3 is 19.5 Å². The van der Waals surface area contributed by atoms with E-state index in [0.717, 1.165) is 24.8 Å². The molecule has 0 radical (unpaired) electrons. The molecular weight excluding hydrogens is 306 g/mol. The second-order valence-corrected chi connectivity index (χ2v) is 7.17. The Morgan fingerprint density at radius 3 is 2.58 bits per heavy atom. The third kappa shape index (κ3) is 5.18. The number of carbonyl (C=O) groups is 1. The summed E-state index contributed by atoms with van der Waals surface area (Å²) in [5.74, 6) is 1.35. The zero-order chi connectivity index (χ0) is 17.8. The van der Waals surface area contributed by atoms with Crippen molar-refractivity contribution in [1.82, 2.24) is 5.32 Å². The lowest BCUT2D eigenvalue weighted by atomic mass is 10.1. The third-order valence-corrected chi connectivity index (χ3v) is 3.73. The topological polar surface area (TPSA) is 56.8 Å².